The van der Waals surface area contributed by atoms with Gasteiger partial charge in [-0.25, -0.2) is 9.98 Å². The third-order valence-corrected chi connectivity index (χ3v) is 6.81. The van der Waals surface area contributed by atoms with Crippen LogP contribution in [-0.2, 0) is 12.8 Å². The highest BCUT2D eigenvalue weighted by Gasteiger charge is 2.10. The zero-order chi connectivity index (χ0) is 21.9. The molecular formula is C28H25N3S. The van der Waals surface area contributed by atoms with Crippen molar-refractivity contribution >= 4 is 38.6 Å². The van der Waals surface area contributed by atoms with Crippen molar-refractivity contribution in [3.63, 3.8) is 0 Å². The van der Waals surface area contributed by atoms with Crippen LogP contribution >= 0.6 is 11.3 Å². The molecule has 4 heteroatoms. The fourth-order valence-electron chi connectivity index (χ4n) is 3.74. The van der Waals surface area contributed by atoms with Crippen LogP contribution in [0, 0.1) is 0 Å². The molecule has 0 radical (unpaired) electrons. The van der Waals surface area contributed by atoms with Crippen LogP contribution in [0.1, 0.15) is 25.0 Å². The summed E-state index contributed by atoms with van der Waals surface area (Å²) in [6, 6.07) is 29.5. The predicted octanol–water partition coefficient (Wildman–Crippen LogP) is 7.50. The molecule has 0 saturated heterocycles. The molecule has 1 aliphatic carbocycles. The van der Waals surface area contributed by atoms with Gasteiger partial charge in [0, 0.05) is 5.69 Å². The number of anilines is 2. The largest absolute Gasteiger partial charge is 0.354 e. The third-order valence-electron chi connectivity index (χ3n) is 5.63. The van der Waals surface area contributed by atoms with E-state index in [1.807, 2.05) is 6.07 Å². The van der Waals surface area contributed by atoms with Gasteiger partial charge in [0.25, 0.3) is 0 Å². The van der Waals surface area contributed by atoms with E-state index in [1.165, 1.54) is 11.1 Å². The van der Waals surface area contributed by atoms with Crippen molar-refractivity contribution in [2.45, 2.75) is 26.7 Å². The van der Waals surface area contributed by atoms with Gasteiger partial charge in [-0.05, 0) is 78.6 Å². The molecule has 0 bridgehead atoms. The summed E-state index contributed by atoms with van der Waals surface area (Å²) in [5, 5.41) is 4.52. The number of hydrogen-bond acceptors (Lipinski definition) is 4. The zero-order valence-electron chi connectivity index (χ0n) is 18.3. The maximum atomic E-state index is 4.91. The smallest absolute Gasteiger partial charge is 0.0831 e. The van der Waals surface area contributed by atoms with E-state index in [1.54, 1.807) is 11.3 Å². The predicted molar refractivity (Wildman–Crippen MR) is 136 cm³/mol. The van der Waals surface area contributed by atoms with E-state index < -0.39 is 0 Å². The molecule has 0 spiro atoms. The molecule has 0 fully saturated rings. The van der Waals surface area contributed by atoms with Gasteiger partial charge < -0.3 is 5.32 Å². The minimum Gasteiger partial charge on any atom is -0.354 e. The van der Waals surface area contributed by atoms with Crippen LogP contribution in [-0.4, -0.2) is 4.98 Å². The number of aryl methyl sites for hydroxylation is 2. The van der Waals surface area contributed by atoms with Gasteiger partial charge in [-0.15, -0.1) is 11.3 Å². The molecule has 2 aliphatic rings. The Kier molecular flexibility index (Phi) is 5.70. The fourth-order valence-corrected chi connectivity index (χ4v) is 4.80. The third kappa shape index (κ3) is 4.27. The Bertz CT molecular complexity index is 1400. The van der Waals surface area contributed by atoms with Crippen molar-refractivity contribution in [3.8, 4) is 10.6 Å². The molecule has 3 aromatic carbocycles. The quantitative estimate of drug-likeness (QED) is 0.290. The van der Waals surface area contributed by atoms with Crippen molar-refractivity contribution in [2.24, 2.45) is 4.99 Å². The Balaban J connectivity index is 1.55. The van der Waals surface area contributed by atoms with Crippen molar-refractivity contribution in [2.75, 3.05) is 5.32 Å². The maximum absolute atomic E-state index is 4.91. The molecule has 3 nitrogen and oxygen atoms in total. The van der Waals surface area contributed by atoms with Gasteiger partial charge in [-0.3, -0.25) is 0 Å². The normalized spacial score (nSPS) is 11.9. The fraction of sp³-hybridized carbons (Fsp3) is 0.143. The van der Waals surface area contributed by atoms with E-state index in [-0.39, 0.29) is 0 Å². The van der Waals surface area contributed by atoms with Crippen LogP contribution in [0.15, 0.2) is 89.9 Å². The minimum absolute atomic E-state index is 0.944. The summed E-state index contributed by atoms with van der Waals surface area (Å²) < 4.78 is 1.14. The number of fused-ring (bicyclic) bond motifs is 2. The number of nitrogens with zero attached hydrogens (tertiary/aromatic N) is 2. The average molecular weight is 436 g/mol. The molecule has 0 unspecified atom stereocenters. The lowest BCUT2D eigenvalue weighted by atomic mass is 10.1. The van der Waals surface area contributed by atoms with E-state index >= 15 is 0 Å². The molecule has 0 atom stereocenters. The van der Waals surface area contributed by atoms with Gasteiger partial charge in [0.2, 0.25) is 0 Å². The lowest BCUT2D eigenvalue weighted by Gasteiger charge is -2.12. The summed E-state index contributed by atoms with van der Waals surface area (Å²) in [6.45, 7) is 4.34. The van der Waals surface area contributed by atoms with Gasteiger partial charge in [0.1, 0.15) is 0 Å². The Hall–Kier alpha value is -3.50. The number of aromatic nitrogens is 1. The summed E-state index contributed by atoms with van der Waals surface area (Å²) in [5.74, 6) is 0. The molecule has 1 N–H and O–H groups in total. The number of hydrogen-bond donors (Lipinski definition) is 1. The molecule has 32 heavy (non-hydrogen) atoms. The molecule has 5 rings (SSSR count). The molecule has 0 saturated carbocycles. The monoisotopic (exact) mass is 435 g/mol. The highest BCUT2D eigenvalue weighted by Crippen LogP contribution is 2.35. The zero-order valence-corrected chi connectivity index (χ0v) is 19.1. The van der Waals surface area contributed by atoms with E-state index in [9.17, 15) is 0 Å². The van der Waals surface area contributed by atoms with Gasteiger partial charge in [-0.2, -0.15) is 0 Å². The summed E-state index contributed by atoms with van der Waals surface area (Å²) in [6.07, 6.45) is 2.08. The molecule has 0 aromatic heterocycles. The SMILES string of the molecule is CCc1ccc(N=c2ccc3nc4cccc(Nc5ccc(CC)cc5)c4sc-3c2)cc1. The van der Waals surface area contributed by atoms with E-state index in [2.05, 4.69) is 98.0 Å². The molecule has 1 heterocycles. The van der Waals surface area contributed by atoms with Gasteiger partial charge in [0.15, 0.2) is 0 Å². The lowest BCUT2D eigenvalue weighted by Crippen LogP contribution is -2.01. The first-order valence-corrected chi connectivity index (χ1v) is 11.9. The molecular weight excluding hydrogens is 410 g/mol. The van der Waals surface area contributed by atoms with Crippen LogP contribution in [0.2, 0.25) is 0 Å². The van der Waals surface area contributed by atoms with Crippen molar-refractivity contribution in [1.82, 2.24) is 4.98 Å². The summed E-state index contributed by atoms with van der Waals surface area (Å²) in [7, 11) is 0. The Morgan fingerprint density at radius 3 is 2.25 bits per heavy atom. The molecule has 1 aliphatic heterocycles. The minimum atomic E-state index is 0.944. The second-order valence-corrected chi connectivity index (χ2v) is 8.88. The lowest BCUT2D eigenvalue weighted by molar-refractivity contribution is 1.14. The van der Waals surface area contributed by atoms with E-state index in [0.717, 1.165) is 56.0 Å². The summed E-state index contributed by atoms with van der Waals surface area (Å²) >= 11 is 1.75. The highest BCUT2D eigenvalue weighted by molar-refractivity contribution is 7.22. The number of benzene rings is 4. The van der Waals surface area contributed by atoms with Crippen LogP contribution in [0.3, 0.4) is 0 Å². The van der Waals surface area contributed by atoms with Gasteiger partial charge in [0.05, 0.1) is 37.5 Å². The Morgan fingerprint density at radius 2 is 1.53 bits per heavy atom. The van der Waals surface area contributed by atoms with Crippen LogP contribution in [0.5, 0.6) is 0 Å². The first-order chi connectivity index (χ1) is 15.7. The van der Waals surface area contributed by atoms with Crippen molar-refractivity contribution in [3.05, 3.63) is 101 Å². The molecule has 3 aromatic rings. The van der Waals surface area contributed by atoms with Crippen LogP contribution in [0.25, 0.3) is 20.8 Å². The van der Waals surface area contributed by atoms with E-state index in [4.69, 9.17) is 9.98 Å². The van der Waals surface area contributed by atoms with E-state index in [0.29, 0.717) is 0 Å². The number of nitrogens with one attached hydrogen (secondary N) is 1. The second kappa shape index (κ2) is 8.93. The Morgan fingerprint density at radius 1 is 0.812 bits per heavy atom. The van der Waals surface area contributed by atoms with Gasteiger partial charge in [-0.1, -0.05) is 44.2 Å². The molecule has 0 amide bonds. The number of rotatable bonds is 5. The van der Waals surface area contributed by atoms with Crippen LogP contribution < -0.4 is 10.7 Å². The summed E-state index contributed by atoms with van der Waals surface area (Å²) in [4.78, 5) is 10.8. The first kappa shape index (κ1) is 20.4. The topological polar surface area (TPSA) is 37.3 Å². The van der Waals surface area contributed by atoms with Gasteiger partial charge >= 0.3 is 0 Å². The molecule has 158 valence electrons. The Labute approximate surface area is 192 Å². The second-order valence-electron chi connectivity index (χ2n) is 7.83. The average Bonchev–Trinajstić information content (AvgIpc) is 2.84. The van der Waals surface area contributed by atoms with Crippen LogP contribution in [0.4, 0.5) is 17.1 Å². The summed E-state index contributed by atoms with van der Waals surface area (Å²) in [5.41, 5.74) is 7.78. The standard InChI is InChI=1S/C28H25N3S/c1-3-19-8-12-21(13-9-19)29-23-16-17-24-27(18-23)32-28-25(6-5-7-26(28)31-24)30-22-14-10-20(4-2)11-15-22/h5-18,30H,3-4H2,1-2H3. The van der Waals surface area contributed by atoms with Crippen molar-refractivity contribution in [1.29, 1.82) is 0 Å². The van der Waals surface area contributed by atoms with Crippen molar-refractivity contribution < 1.29 is 0 Å². The first-order valence-electron chi connectivity index (χ1n) is 11.0. The maximum Gasteiger partial charge on any atom is 0.0831 e. The highest BCUT2D eigenvalue weighted by atomic mass is 32.1.